The number of methoxy groups -OCH3 is 2. The first-order valence-electron chi connectivity index (χ1n) is 8.19. The van der Waals surface area contributed by atoms with Crippen molar-refractivity contribution in [1.82, 2.24) is 0 Å². The number of carboxylic acids is 1. The number of nitrogens with one attached hydrogen (secondary N) is 1. The molecular formula is C18H27NO6. The fourth-order valence-electron chi connectivity index (χ4n) is 2.48. The lowest BCUT2D eigenvalue weighted by Crippen LogP contribution is -2.18. The molecule has 7 heteroatoms. The molecule has 0 aliphatic rings. The van der Waals surface area contributed by atoms with Gasteiger partial charge in [-0.15, -0.1) is 0 Å². The van der Waals surface area contributed by atoms with Crippen LogP contribution in [0.5, 0.6) is 11.5 Å². The monoisotopic (exact) mass is 353 g/mol. The van der Waals surface area contributed by atoms with Crippen LogP contribution in [0.4, 0.5) is 5.69 Å². The molecule has 1 unspecified atom stereocenters. The molecule has 1 aromatic carbocycles. The van der Waals surface area contributed by atoms with Gasteiger partial charge in [-0.25, -0.2) is 4.79 Å². The third kappa shape index (κ3) is 6.62. The lowest BCUT2D eigenvalue weighted by Gasteiger charge is -2.16. The Balaban J connectivity index is 2.75. The summed E-state index contributed by atoms with van der Waals surface area (Å²) in [6, 6.07) is 2.68. The number of carboxylic acid groups (broad SMARTS) is 1. The van der Waals surface area contributed by atoms with Crippen LogP contribution in [0.2, 0.25) is 0 Å². The smallest absolute Gasteiger partial charge is 0.335 e. The second-order valence-electron chi connectivity index (χ2n) is 6.17. The summed E-state index contributed by atoms with van der Waals surface area (Å²) >= 11 is 0. The van der Waals surface area contributed by atoms with Crippen LogP contribution >= 0.6 is 0 Å². The number of carbonyl (C=O) groups is 2. The maximum Gasteiger partial charge on any atom is 0.335 e. The quantitative estimate of drug-likeness (QED) is 0.671. The Labute approximate surface area is 148 Å². The molecule has 0 aliphatic heterocycles. The van der Waals surface area contributed by atoms with Crippen LogP contribution in [0.3, 0.4) is 0 Å². The lowest BCUT2D eigenvalue weighted by molar-refractivity contribution is -0.117. The van der Waals surface area contributed by atoms with Gasteiger partial charge >= 0.3 is 5.97 Å². The highest BCUT2D eigenvalue weighted by molar-refractivity contribution is 5.96. The molecule has 0 heterocycles. The fourth-order valence-corrected chi connectivity index (χ4v) is 2.48. The highest BCUT2D eigenvalue weighted by Gasteiger charge is 2.17. The van der Waals surface area contributed by atoms with Crippen molar-refractivity contribution in [2.45, 2.75) is 39.7 Å². The van der Waals surface area contributed by atoms with Gasteiger partial charge in [0.05, 0.1) is 44.6 Å². The van der Waals surface area contributed by atoms with E-state index in [4.69, 9.17) is 14.2 Å². The van der Waals surface area contributed by atoms with E-state index in [1.54, 1.807) is 0 Å². The highest BCUT2D eigenvalue weighted by atomic mass is 16.5. The van der Waals surface area contributed by atoms with Crippen molar-refractivity contribution in [3.63, 3.8) is 0 Å². The van der Waals surface area contributed by atoms with Crippen molar-refractivity contribution in [1.29, 1.82) is 0 Å². The number of hydrogen-bond donors (Lipinski definition) is 2. The third-order valence-electron chi connectivity index (χ3n) is 3.53. The van der Waals surface area contributed by atoms with E-state index >= 15 is 0 Å². The minimum absolute atomic E-state index is 0.00486. The number of ether oxygens (including phenoxy) is 3. The summed E-state index contributed by atoms with van der Waals surface area (Å²) in [5.74, 6) is -0.379. The van der Waals surface area contributed by atoms with E-state index in [1.165, 1.54) is 26.4 Å². The first-order valence-corrected chi connectivity index (χ1v) is 8.19. The average Bonchev–Trinajstić information content (AvgIpc) is 2.53. The van der Waals surface area contributed by atoms with Crippen LogP contribution < -0.4 is 14.8 Å². The van der Waals surface area contributed by atoms with Gasteiger partial charge in [-0.2, -0.15) is 0 Å². The summed E-state index contributed by atoms with van der Waals surface area (Å²) < 4.78 is 16.0. The Hall–Kier alpha value is -2.28. The second-order valence-corrected chi connectivity index (χ2v) is 6.17. The predicted molar refractivity (Wildman–Crippen MR) is 94.6 cm³/mol. The number of benzene rings is 1. The van der Waals surface area contributed by atoms with Crippen molar-refractivity contribution in [3.8, 4) is 11.5 Å². The van der Waals surface area contributed by atoms with Crippen LogP contribution in [0, 0.1) is 5.92 Å². The predicted octanol–water partition coefficient (Wildman–Crippen LogP) is 3.18. The van der Waals surface area contributed by atoms with Crippen LogP contribution in [-0.4, -0.2) is 43.9 Å². The van der Waals surface area contributed by atoms with Crippen LogP contribution in [0.1, 0.15) is 44.0 Å². The Morgan fingerprint density at radius 1 is 1.16 bits per heavy atom. The maximum absolute atomic E-state index is 12.1. The van der Waals surface area contributed by atoms with E-state index in [2.05, 4.69) is 19.2 Å². The van der Waals surface area contributed by atoms with E-state index in [-0.39, 0.29) is 47.8 Å². The van der Waals surface area contributed by atoms with Gasteiger partial charge in [-0.05, 0) is 31.4 Å². The molecule has 1 atom stereocenters. The molecule has 7 nitrogen and oxygen atoms in total. The summed E-state index contributed by atoms with van der Waals surface area (Å²) in [5.41, 5.74) is 0.245. The van der Waals surface area contributed by atoms with E-state index in [9.17, 15) is 14.7 Å². The van der Waals surface area contributed by atoms with Crippen LogP contribution in [0.25, 0.3) is 0 Å². The van der Waals surface area contributed by atoms with Gasteiger partial charge in [0, 0.05) is 0 Å². The van der Waals surface area contributed by atoms with Gasteiger partial charge in [0.1, 0.15) is 0 Å². The summed E-state index contributed by atoms with van der Waals surface area (Å²) in [5, 5.41) is 11.8. The Morgan fingerprint density at radius 2 is 1.84 bits per heavy atom. The Kier molecular flexibility index (Phi) is 8.21. The molecule has 0 spiro atoms. The van der Waals surface area contributed by atoms with E-state index in [0.29, 0.717) is 5.92 Å². The number of rotatable bonds is 10. The number of aromatic carboxylic acids is 1. The zero-order chi connectivity index (χ0) is 19.0. The van der Waals surface area contributed by atoms with E-state index in [0.717, 1.165) is 6.42 Å². The zero-order valence-corrected chi connectivity index (χ0v) is 15.4. The first kappa shape index (κ1) is 20.8. The molecular weight excluding hydrogens is 326 g/mol. The molecule has 25 heavy (non-hydrogen) atoms. The molecule has 0 saturated carbocycles. The SMILES string of the molecule is COc1cc(C(=O)O)cc(NC(=O)CCOC(C)CC(C)C)c1OC. The summed E-state index contributed by atoms with van der Waals surface area (Å²) in [7, 11) is 2.82. The summed E-state index contributed by atoms with van der Waals surface area (Å²) in [4.78, 5) is 23.3. The average molecular weight is 353 g/mol. The maximum atomic E-state index is 12.1. The van der Waals surface area contributed by atoms with Crippen molar-refractivity contribution in [3.05, 3.63) is 17.7 Å². The molecule has 0 aliphatic carbocycles. The molecule has 0 aromatic heterocycles. The van der Waals surface area contributed by atoms with E-state index < -0.39 is 5.97 Å². The molecule has 1 rings (SSSR count). The number of anilines is 1. The number of carbonyl (C=O) groups excluding carboxylic acids is 1. The summed E-state index contributed by atoms with van der Waals surface area (Å²) in [6.45, 7) is 6.49. The molecule has 140 valence electrons. The van der Waals surface area contributed by atoms with Gasteiger partial charge in [-0.1, -0.05) is 13.8 Å². The molecule has 0 fully saturated rings. The Morgan fingerprint density at radius 3 is 2.36 bits per heavy atom. The molecule has 1 aromatic rings. The standard InChI is InChI=1S/C18H27NO6/c1-11(2)8-12(3)25-7-6-16(20)19-14-9-13(18(21)22)10-15(23-4)17(14)24-5/h9-12H,6-8H2,1-5H3,(H,19,20)(H,21,22). The van der Waals surface area contributed by atoms with Gasteiger partial charge in [-0.3, -0.25) is 4.79 Å². The molecule has 0 saturated heterocycles. The van der Waals surface area contributed by atoms with Gasteiger partial charge < -0.3 is 24.6 Å². The number of amides is 1. The fraction of sp³-hybridized carbons (Fsp3) is 0.556. The van der Waals surface area contributed by atoms with Crippen molar-refractivity contribution in [2.75, 3.05) is 26.1 Å². The molecule has 0 bridgehead atoms. The molecule has 1 amide bonds. The van der Waals surface area contributed by atoms with Crippen molar-refractivity contribution in [2.24, 2.45) is 5.92 Å². The van der Waals surface area contributed by atoms with Gasteiger partial charge in [0.25, 0.3) is 0 Å². The first-order chi connectivity index (χ1) is 11.8. The molecule has 0 radical (unpaired) electrons. The number of hydrogen-bond acceptors (Lipinski definition) is 5. The lowest BCUT2D eigenvalue weighted by atomic mass is 10.1. The van der Waals surface area contributed by atoms with Crippen LogP contribution in [-0.2, 0) is 9.53 Å². The van der Waals surface area contributed by atoms with Gasteiger partial charge in [0.15, 0.2) is 11.5 Å². The third-order valence-corrected chi connectivity index (χ3v) is 3.53. The summed E-state index contributed by atoms with van der Waals surface area (Å²) in [6.07, 6.45) is 1.16. The molecule has 2 N–H and O–H groups in total. The Bertz CT molecular complexity index is 599. The van der Waals surface area contributed by atoms with E-state index in [1.807, 2.05) is 6.92 Å². The normalized spacial score (nSPS) is 11.9. The minimum Gasteiger partial charge on any atom is -0.493 e. The van der Waals surface area contributed by atoms with Gasteiger partial charge in [0.2, 0.25) is 5.91 Å². The largest absolute Gasteiger partial charge is 0.493 e. The van der Waals surface area contributed by atoms with Crippen molar-refractivity contribution < 1.29 is 28.9 Å². The topological polar surface area (TPSA) is 94.1 Å². The van der Waals surface area contributed by atoms with Crippen molar-refractivity contribution >= 4 is 17.6 Å². The minimum atomic E-state index is -1.12. The second kappa shape index (κ2) is 9.88. The highest BCUT2D eigenvalue weighted by Crippen LogP contribution is 2.36. The zero-order valence-electron chi connectivity index (χ0n) is 15.4. The van der Waals surface area contributed by atoms with Crippen LogP contribution in [0.15, 0.2) is 12.1 Å².